The van der Waals surface area contributed by atoms with E-state index in [0.29, 0.717) is 33.7 Å². The lowest BCUT2D eigenvalue weighted by atomic mass is 10.0. The molecule has 2 aromatic rings. The largest absolute Gasteiger partial charge is 0.493 e. The molecule has 29 heavy (non-hydrogen) atoms. The Bertz CT molecular complexity index is 913. The predicted octanol–water partition coefficient (Wildman–Crippen LogP) is 3.30. The van der Waals surface area contributed by atoms with Gasteiger partial charge in [-0.25, -0.2) is 0 Å². The van der Waals surface area contributed by atoms with E-state index in [0.717, 1.165) is 30.0 Å². The summed E-state index contributed by atoms with van der Waals surface area (Å²) in [6.45, 7) is 5.89. The van der Waals surface area contributed by atoms with Crippen LogP contribution in [0.4, 0.5) is 5.00 Å². The molecule has 1 aromatic carbocycles. The summed E-state index contributed by atoms with van der Waals surface area (Å²) in [6, 6.07) is 5.49. The van der Waals surface area contributed by atoms with E-state index < -0.39 is 5.91 Å². The van der Waals surface area contributed by atoms with Gasteiger partial charge in [-0.3, -0.25) is 14.5 Å². The molecule has 2 heterocycles. The molecule has 0 spiro atoms. The molecule has 1 aromatic heterocycles. The van der Waals surface area contributed by atoms with Crippen molar-refractivity contribution in [3.8, 4) is 11.5 Å². The second-order valence-corrected chi connectivity index (χ2v) is 7.99. The average Bonchev–Trinajstić information content (AvgIpc) is 3.03. The van der Waals surface area contributed by atoms with Crippen LogP contribution in [0.25, 0.3) is 0 Å². The van der Waals surface area contributed by atoms with Crippen LogP contribution in [0.5, 0.6) is 11.5 Å². The fourth-order valence-electron chi connectivity index (χ4n) is 3.45. The number of halogens is 1. The highest BCUT2D eigenvalue weighted by Crippen LogP contribution is 2.38. The van der Waals surface area contributed by atoms with E-state index in [1.165, 1.54) is 25.6 Å². The van der Waals surface area contributed by atoms with Crippen molar-refractivity contribution >= 4 is 40.6 Å². The maximum absolute atomic E-state index is 12.9. The lowest BCUT2D eigenvalue weighted by molar-refractivity contribution is 0.0999. The molecule has 0 radical (unpaired) electrons. The van der Waals surface area contributed by atoms with Crippen molar-refractivity contribution in [2.24, 2.45) is 5.73 Å². The Morgan fingerprint density at radius 2 is 1.97 bits per heavy atom. The number of nitrogens with two attached hydrogens (primary N) is 1. The second-order valence-electron chi connectivity index (χ2n) is 6.88. The number of primary amides is 1. The second kappa shape index (κ2) is 9.47. The summed E-state index contributed by atoms with van der Waals surface area (Å²) < 4.78 is 10.6. The highest BCUT2D eigenvalue weighted by Gasteiger charge is 2.29. The first-order valence-corrected chi connectivity index (χ1v) is 9.89. The maximum atomic E-state index is 12.9. The maximum Gasteiger partial charge on any atom is 0.260 e. The zero-order chi connectivity index (χ0) is 20.4. The van der Waals surface area contributed by atoms with E-state index >= 15 is 0 Å². The molecular weight excluding hydrogens is 414 g/mol. The topological polar surface area (TPSA) is 93.9 Å². The summed E-state index contributed by atoms with van der Waals surface area (Å²) >= 11 is 1.41. The molecule has 0 fully saturated rings. The monoisotopic (exact) mass is 439 g/mol. The number of carbonyl (C=O) groups is 2. The normalized spacial score (nSPS) is 13.4. The number of nitrogens with zero attached hydrogens (tertiary/aromatic N) is 1. The van der Waals surface area contributed by atoms with Gasteiger partial charge in [-0.2, -0.15) is 0 Å². The smallest absolute Gasteiger partial charge is 0.260 e. The minimum atomic E-state index is -0.525. The van der Waals surface area contributed by atoms with Crippen molar-refractivity contribution in [2.45, 2.75) is 32.9 Å². The predicted molar refractivity (Wildman–Crippen MR) is 117 cm³/mol. The van der Waals surface area contributed by atoms with Crippen LogP contribution in [-0.4, -0.2) is 43.5 Å². The molecule has 0 atom stereocenters. The molecule has 158 valence electrons. The number of amides is 2. The zero-order valence-corrected chi connectivity index (χ0v) is 18.5. The molecule has 3 N–H and O–H groups in total. The van der Waals surface area contributed by atoms with Gasteiger partial charge in [0.1, 0.15) is 5.00 Å². The van der Waals surface area contributed by atoms with Crippen molar-refractivity contribution in [1.29, 1.82) is 0 Å². The number of fused-ring (bicyclic) bond motifs is 1. The Hall–Kier alpha value is -2.29. The van der Waals surface area contributed by atoms with Crippen molar-refractivity contribution in [3.05, 3.63) is 39.8 Å². The van der Waals surface area contributed by atoms with Crippen LogP contribution >= 0.6 is 23.7 Å². The van der Waals surface area contributed by atoms with Crippen LogP contribution in [0.1, 0.15) is 45.0 Å². The zero-order valence-electron chi connectivity index (χ0n) is 16.9. The Morgan fingerprint density at radius 1 is 1.24 bits per heavy atom. The summed E-state index contributed by atoms with van der Waals surface area (Å²) in [6.07, 6.45) is 0.737. The molecule has 1 aliphatic heterocycles. The molecule has 3 rings (SSSR count). The van der Waals surface area contributed by atoms with Gasteiger partial charge < -0.3 is 20.5 Å². The molecule has 1 aliphatic rings. The number of anilines is 1. The van der Waals surface area contributed by atoms with Crippen LogP contribution < -0.4 is 20.5 Å². The van der Waals surface area contributed by atoms with Crippen LogP contribution in [0, 0.1) is 0 Å². The molecule has 0 aliphatic carbocycles. The highest BCUT2D eigenvalue weighted by molar-refractivity contribution is 7.17. The van der Waals surface area contributed by atoms with Gasteiger partial charge in [0, 0.05) is 24.0 Å². The molecule has 0 saturated carbocycles. The first-order valence-electron chi connectivity index (χ1n) is 9.08. The van der Waals surface area contributed by atoms with E-state index in [1.807, 2.05) is 0 Å². The molecule has 0 bridgehead atoms. The van der Waals surface area contributed by atoms with Crippen LogP contribution in [-0.2, 0) is 13.0 Å². The van der Waals surface area contributed by atoms with Crippen molar-refractivity contribution < 1.29 is 19.1 Å². The van der Waals surface area contributed by atoms with Gasteiger partial charge in [-0.15, -0.1) is 23.7 Å². The van der Waals surface area contributed by atoms with Gasteiger partial charge in [-0.1, -0.05) is 6.07 Å². The van der Waals surface area contributed by atoms with Crippen LogP contribution in [0.15, 0.2) is 18.2 Å². The van der Waals surface area contributed by atoms with Gasteiger partial charge in [0.2, 0.25) is 0 Å². The summed E-state index contributed by atoms with van der Waals surface area (Å²) in [4.78, 5) is 28.5. The molecular formula is C20H26ClN3O4S. The highest BCUT2D eigenvalue weighted by atomic mass is 35.5. The van der Waals surface area contributed by atoms with Crippen LogP contribution in [0.2, 0.25) is 0 Å². The number of thiophene rings is 1. The van der Waals surface area contributed by atoms with E-state index in [9.17, 15) is 9.59 Å². The summed E-state index contributed by atoms with van der Waals surface area (Å²) in [5.41, 5.74) is 7.34. The lowest BCUT2D eigenvalue weighted by Gasteiger charge is -2.30. The number of benzene rings is 1. The van der Waals surface area contributed by atoms with E-state index in [1.54, 1.807) is 18.2 Å². The molecule has 2 amide bonds. The SMILES string of the molecule is COc1cccc(C(=O)Nc2sc3c(c2C(N)=O)CCN(C(C)C)C3)c1OC.Cl. The standard InChI is InChI=1S/C20H25N3O4S.ClH/c1-11(2)23-9-8-12-15(10-23)28-20(16(12)18(21)24)22-19(25)13-6-5-7-14(26-3)17(13)27-4;/h5-7,11H,8-10H2,1-4H3,(H2,21,24)(H,22,25);1H. The number of rotatable bonds is 6. The fraction of sp³-hybridized carbons (Fsp3) is 0.400. The summed E-state index contributed by atoms with van der Waals surface area (Å²) in [7, 11) is 2.99. The van der Waals surface area contributed by atoms with E-state index in [4.69, 9.17) is 15.2 Å². The number of hydrogen-bond donors (Lipinski definition) is 2. The number of carbonyl (C=O) groups excluding carboxylic acids is 2. The Labute approximate surface area is 180 Å². The number of hydrogen-bond acceptors (Lipinski definition) is 6. The van der Waals surface area contributed by atoms with Crippen molar-refractivity contribution in [3.63, 3.8) is 0 Å². The number of nitrogens with one attached hydrogen (secondary N) is 1. The number of para-hydroxylation sites is 1. The molecule has 9 heteroatoms. The van der Waals surface area contributed by atoms with Gasteiger partial charge in [-0.05, 0) is 38.0 Å². The quantitative estimate of drug-likeness (QED) is 0.720. The molecule has 7 nitrogen and oxygen atoms in total. The first-order chi connectivity index (χ1) is 13.4. The van der Waals surface area contributed by atoms with Crippen molar-refractivity contribution in [1.82, 2.24) is 4.90 Å². The minimum Gasteiger partial charge on any atom is -0.493 e. The van der Waals surface area contributed by atoms with Gasteiger partial charge >= 0.3 is 0 Å². The minimum absolute atomic E-state index is 0. The summed E-state index contributed by atoms with van der Waals surface area (Å²) in [5, 5.41) is 3.34. The Balaban J connectivity index is 0.00000300. The van der Waals surface area contributed by atoms with Gasteiger partial charge in [0.25, 0.3) is 11.8 Å². The average molecular weight is 440 g/mol. The van der Waals surface area contributed by atoms with Gasteiger partial charge in [0.05, 0.1) is 25.3 Å². The third-order valence-corrected chi connectivity index (χ3v) is 6.07. The third kappa shape index (κ3) is 4.49. The van der Waals surface area contributed by atoms with E-state index in [-0.39, 0.29) is 18.3 Å². The molecule has 0 unspecified atom stereocenters. The van der Waals surface area contributed by atoms with Crippen LogP contribution in [0.3, 0.4) is 0 Å². The van der Waals surface area contributed by atoms with Gasteiger partial charge in [0.15, 0.2) is 11.5 Å². The lowest BCUT2D eigenvalue weighted by Crippen LogP contribution is -2.35. The van der Waals surface area contributed by atoms with E-state index in [2.05, 4.69) is 24.1 Å². The number of ether oxygens (including phenoxy) is 2. The third-order valence-electron chi connectivity index (χ3n) is 4.94. The van der Waals surface area contributed by atoms with Crippen molar-refractivity contribution in [2.75, 3.05) is 26.1 Å². The first kappa shape index (κ1) is 23.0. The fourth-order valence-corrected chi connectivity index (χ4v) is 4.72. The summed E-state index contributed by atoms with van der Waals surface area (Å²) in [5.74, 6) is -0.0975. The number of methoxy groups -OCH3 is 2. The Morgan fingerprint density at radius 3 is 2.55 bits per heavy atom. The molecule has 0 saturated heterocycles. The Kier molecular flexibility index (Phi) is 7.51.